The maximum absolute atomic E-state index is 13.1. The maximum atomic E-state index is 13.1. The standard InChI is InChI=1S/C22H20N2O6S/c25-22(24(15-19-5-2-12-29-19)16-20-6-3-13-30-20)17-7-9-21(10-8-17)31(26,27)23-14-18-4-1-11-28-18/h1-13,23H,14-16H2. The summed E-state index contributed by atoms with van der Waals surface area (Å²) in [6, 6.07) is 16.2. The number of nitrogens with one attached hydrogen (secondary N) is 1. The summed E-state index contributed by atoms with van der Waals surface area (Å²) in [6.07, 6.45) is 4.56. The molecule has 1 amide bonds. The topological polar surface area (TPSA) is 106 Å². The predicted octanol–water partition coefficient (Wildman–Crippen LogP) is 3.79. The van der Waals surface area contributed by atoms with Crippen molar-refractivity contribution < 1.29 is 26.5 Å². The van der Waals surface area contributed by atoms with Crippen LogP contribution < -0.4 is 4.72 Å². The molecule has 0 aliphatic carbocycles. The van der Waals surface area contributed by atoms with Crippen LogP contribution in [0.25, 0.3) is 0 Å². The van der Waals surface area contributed by atoms with Gasteiger partial charge in [-0.15, -0.1) is 0 Å². The molecule has 1 N–H and O–H groups in total. The van der Waals surface area contributed by atoms with Crippen molar-refractivity contribution >= 4 is 15.9 Å². The van der Waals surface area contributed by atoms with Crippen molar-refractivity contribution in [1.29, 1.82) is 0 Å². The Morgan fingerprint density at radius 2 is 1.29 bits per heavy atom. The van der Waals surface area contributed by atoms with Crippen molar-refractivity contribution in [3.05, 3.63) is 102 Å². The first kappa shape index (κ1) is 20.7. The van der Waals surface area contributed by atoms with Crippen molar-refractivity contribution in [3.8, 4) is 0 Å². The van der Waals surface area contributed by atoms with Crippen molar-refractivity contribution in [1.82, 2.24) is 9.62 Å². The normalized spacial score (nSPS) is 11.5. The Balaban J connectivity index is 1.49. The van der Waals surface area contributed by atoms with Gasteiger partial charge in [-0.05, 0) is 60.7 Å². The number of hydrogen-bond acceptors (Lipinski definition) is 6. The third-order valence-corrected chi connectivity index (χ3v) is 5.99. The predicted molar refractivity (Wildman–Crippen MR) is 110 cm³/mol. The average molecular weight is 440 g/mol. The van der Waals surface area contributed by atoms with Crippen LogP contribution in [-0.4, -0.2) is 19.2 Å². The monoisotopic (exact) mass is 440 g/mol. The van der Waals surface area contributed by atoms with Crippen LogP contribution in [0.5, 0.6) is 0 Å². The Morgan fingerprint density at radius 3 is 1.77 bits per heavy atom. The van der Waals surface area contributed by atoms with Crippen LogP contribution in [0.15, 0.2) is 97.6 Å². The van der Waals surface area contributed by atoms with Gasteiger partial charge in [-0.3, -0.25) is 4.79 Å². The molecule has 0 unspecified atom stereocenters. The Hall–Kier alpha value is -3.56. The molecule has 9 heteroatoms. The van der Waals surface area contributed by atoms with Crippen molar-refractivity contribution in [2.24, 2.45) is 0 Å². The van der Waals surface area contributed by atoms with Gasteiger partial charge in [-0.25, -0.2) is 13.1 Å². The van der Waals surface area contributed by atoms with E-state index < -0.39 is 10.0 Å². The van der Waals surface area contributed by atoms with E-state index >= 15 is 0 Å². The zero-order valence-corrected chi connectivity index (χ0v) is 17.2. The second kappa shape index (κ2) is 9.07. The molecule has 8 nitrogen and oxygen atoms in total. The molecule has 0 aliphatic heterocycles. The van der Waals surface area contributed by atoms with Crippen LogP contribution in [0, 0.1) is 0 Å². The van der Waals surface area contributed by atoms with Gasteiger partial charge < -0.3 is 18.2 Å². The van der Waals surface area contributed by atoms with Crippen LogP contribution in [0.4, 0.5) is 0 Å². The molecule has 31 heavy (non-hydrogen) atoms. The third kappa shape index (κ3) is 5.14. The minimum atomic E-state index is -3.75. The van der Waals surface area contributed by atoms with Crippen LogP contribution >= 0.6 is 0 Å². The highest BCUT2D eigenvalue weighted by Gasteiger charge is 2.21. The molecule has 1 aromatic carbocycles. The average Bonchev–Trinajstić information content (AvgIpc) is 3.55. The van der Waals surface area contributed by atoms with Crippen LogP contribution in [0.3, 0.4) is 0 Å². The molecular weight excluding hydrogens is 420 g/mol. The SMILES string of the molecule is O=C(c1ccc(S(=O)(=O)NCc2ccco2)cc1)N(Cc1ccco1)Cc1ccco1. The Kier molecular flexibility index (Phi) is 6.06. The molecule has 3 heterocycles. The molecule has 4 rings (SSSR count). The highest BCUT2D eigenvalue weighted by Crippen LogP contribution is 2.17. The zero-order chi connectivity index (χ0) is 21.7. The van der Waals surface area contributed by atoms with Crippen LogP contribution in [0.1, 0.15) is 27.6 Å². The van der Waals surface area contributed by atoms with Gasteiger partial charge in [-0.2, -0.15) is 0 Å². The Labute approximate surface area is 179 Å². The minimum absolute atomic E-state index is 0.0378. The maximum Gasteiger partial charge on any atom is 0.254 e. The number of nitrogens with zero attached hydrogens (tertiary/aromatic N) is 1. The molecule has 0 aliphatic rings. The summed E-state index contributed by atoms with van der Waals surface area (Å²) in [7, 11) is -3.75. The summed E-state index contributed by atoms with van der Waals surface area (Å²) in [5, 5.41) is 0. The lowest BCUT2D eigenvalue weighted by atomic mass is 10.2. The van der Waals surface area contributed by atoms with Gasteiger partial charge in [0.2, 0.25) is 10.0 Å². The second-order valence-corrected chi connectivity index (χ2v) is 8.52. The van der Waals surface area contributed by atoms with Gasteiger partial charge in [0.05, 0.1) is 43.3 Å². The molecule has 0 saturated carbocycles. The van der Waals surface area contributed by atoms with Crippen LogP contribution in [0.2, 0.25) is 0 Å². The summed E-state index contributed by atoms with van der Waals surface area (Å²) in [5.74, 6) is 1.48. The fourth-order valence-corrected chi connectivity index (χ4v) is 4.00. The zero-order valence-electron chi connectivity index (χ0n) is 16.4. The number of rotatable bonds is 9. The number of carbonyl (C=O) groups is 1. The van der Waals surface area contributed by atoms with Gasteiger partial charge in [0.15, 0.2) is 0 Å². The molecule has 3 aromatic heterocycles. The van der Waals surface area contributed by atoms with Gasteiger partial charge in [-0.1, -0.05) is 0 Å². The largest absolute Gasteiger partial charge is 0.468 e. The molecule has 0 fully saturated rings. The van der Waals surface area contributed by atoms with Gasteiger partial charge in [0.25, 0.3) is 5.91 Å². The lowest BCUT2D eigenvalue weighted by Gasteiger charge is -2.21. The number of furan rings is 3. The highest BCUT2D eigenvalue weighted by atomic mass is 32.2. The van der Waals surface area contributed by atoms with Crippen molar-refractivity contribution in [2.45, 2.75) is 24.5 Å². The van der Waals surface area contributed by atoms with E-state index in [2.05, 4.69) is 4.72 Å². The smallest absolute Gasteiger partial charge is 0.254 e. The fraction of sp³-hybridized carbons (Fsp3) is 0.136. The highest BCUT2D eigenvalue weighted by molar-refractivity contribution is 7.89. The molecule has 160 valence electrons. The summed E-state index contributed by atoms with van der Waals surface area (Å²) in [5.41, 5.74) is 0.350. The number of sulfonamides is 1. The first-order valence-corrected chi connectivity index (χ1v) is 11.0. The number of hydrogen-bond donors (Lipinski definition) is 1. The van der Waals surface area contributed by atoms with Crippen molar-refractivity contribution in [2.75, 3.05) is 0 Å². The van der Waals surface area contributed by atoms with Gasteiger partial charge in [0, 0.05) is 5.56 Å². The lowest BCUT2D eigenvalue weighted by molar-refractivity contribution is 0.0704. The van der Waals surface area contributed by atoms with E-state index in [1.165, 1.54) is 30.5 Å². The van der Waals surface area contributed by atoms with E-state index in [0.717, 1.165) is 0 Å². The van der Waals surface area contributed by atoms with Gasteiger partial charge in [0.1, 0.15) is 17.3 Å². The quantitative estimate of drug-likeness (QED) is 0.425. The summed E-state index contributed by atoms with van der Waals surface area (Å²) >= 11 is 0. The minimum Gasteiger partial charge on any atom is -0.468 e. The third-order valence-electron chi connectivity index (χ3n) is 4.57. The summed E-state index contributed by atoms with van der Waals surface area (Å²) in [4.78, 5) is 14.7. The van der Waals surface area contributed by atoms with E-state index in [4.69, 9.17) is 13.3 Å². The second-order valence-electron chi connectivity index (χ2n) is 6.75. The van der Waals surface area contributed by atoms with E-state index in [0.29, 0.717) is 22.8 Å². The first-order valence-electron chi connectivity index (χ1n) is 9.47. The van der Waals surface area contributed by atoms with Crippen molar-refractivity contribution in [3.63, 3.8) is 0 Å². The molecule has 0 atom stereocenters. The van der Waals surface area contributed by atoms with E-state index in [-0.39, 0.29) is 30.4 Å². The molecule has 0 saturated heterocycles. The number of amides is 1. The Morgan fingerprint density at radius 1 is 0.774 bits per heavy atom. The molecule has 0 bridgehead atoms. The fourth-order valence-electron chi connectivity index (χ4n) is 3.00. The van der Waals surface area contributed by atoms with E-state index in [9.17, 15) is 13.2 Å². The Bertz CT molecular complexity index is 1160. The molecule has 0 spiro atoms. The molecular formula is C22H20N2O6S. The van der Waals surface area contributed by atoms with Gasteiger partial charge >= 0.3 is 0 Å². The first-order chi connectivity index (χ1) is 15.0. The van der Waals surface area contributed by atoms with E-state index in [1.54, 1.807) is 53.8 Å². The van der Waals surface area contributed by atoms with Crippen LogP contribution in [-0.2, 0) is 29.7 Å². The number of carbonyl (C=O) groups excluding carboxylic acids is 1. The lowest BCUT2D eigenvalue weighted by Crippen LogP contribution is -2.30. The molecule has 0 radical (unpaired) electrons. The number of benzene rings is 1. The molecule has 4 aromatic rings. The summed E-state index contributed by atoms with van der Waals surface area (Å²) in [6.45, 7) is 0.532. The van der Waals surface area contributed by atoms with E-state index in [1.807, 2.05) is 0 Å². The summed E-state index contributed by atoms with van der Waals surface area (Å²) < 4.78 is 43.3.